The quantitative estimate of drug-likeness (QED) is 0.424. The zero-order valence-corrected chi connectivity index (χ0v) is 19.7. The molecule has 12 heteroatoms. The number of pyridine rings is 1. The van der Waals surface area contributed by atoms with Crippen LogP contribution in [0.5, 0.6) is 5.75 Å². The number of benzene rings is 1. The highest BCUT2D eigenvalue weighted by Crippen LogP contribution is 2.39. The Morgan fingerprint density at radius 1 is 1.24 bits per heavy atom. The predicted molar refractivity (Wildman–Crippen MR) is 132 cm³/mol. The molecule has 5 rings (SSSR count). The molecular weight excluding hydrogens is 489 g/mol. The van der Waals surface area contributed by atoms with Crippen molar-refractivity contribution >= 4 is 17.1 Å². The van der Waals surface area contributed by atoms with Crippen LogP contribution in [0.2, 0.25) is 0 Å². The number of halogens is 3. The normalized spacial score (nSPS) is 13.7. The molecule has 2 N–H and O–H groups in total. The fourth-order valence-corrected chi connectivity index (χ4v) is 3.68. The van der Waals surface area contributed by atoms with E-state index in [1.807, 2.05) is 6.07 Å². The Balaban J connectivity index is 0.000000180. The molecule has 0 spiro atoms. The van der Waals surface area contributed by atoms with E-state index in [-0.39, 0.29) is 5.75 Å². The van der Waals surface area contributed by atoms with Gasteiger partial charge in [-0.05, 0) is 43.0 Å². The zero-order valence-electron chi connectivity index (χ0n) is 19.7. The Morgan fingerprint density at radius 2 is 2.00 bits per heavy atom. The van der Waals surface area contributed by atoms with Gasteiger partial charge in [0, 0.05) is 36.6 Å². The lowest BCUT2D eigenvalue weighted by Crippen LogP contribution is -2.27. The third kappa shape index (κ3) is 6.21. The number of hydrogen-bond acceptors (Lipinski definition) is 6. The van der Waals surface area contributed by atoms with Gasteiger partial charge in [0.05, 0.1) is 16.8 Å². The van der Waals surface area contributed by atoms with Crippen molar-refractivity contribution in [2.75, 3.05) is 13.7 Å². The van der Waals surface area contributed by atoms with Crippen LogP contribution in [0.4, 0.5) is 13.2 Å². The minimum Gasteiger partial charge on any atom is -0.483 e. The van der Waals surface area contributed by atoms with Gasteiger partial charge >= 0.3 is 11.9 Å². The molecule has 0 atom stereocenters. The fourth-order valence-electron chi connectivity index (χ4n) is 3.68. The van der Waals surface area contributed by atoms with E-state index < -0.39 is 24.0 Å². The highest BCUT2D eigenvalue weighted by Gasteiger charge is 2.29. The molecule has 3 heterocycles. The van der Waals surface area contributed by atoms with Crippen molar-refractivity contribution in [3.05, 3.63) is 87.3 Å². The number of hydrogen-bond donors (Lipinski definition) is 2. The number of alkyl halides is 3. The summed E-state index contributed by atoms with van der Waals surface area (Å²) in [4.78, 5) is 36.0. The van der Waals surface area contributed by atoms with Gasteiger partial charge in [-0.1, -0.05) is 18.7 Å². The molecule has 0 radical (unpaired) electrons. The molecule has 0 saturated heterocycles. The molecule has 192 valence electrons. The Morgan fingerprint density at radius 3 is 2.65 bits per heavy atom. The first-order valence-corrected chi connectivity index (χ1v) is 11.2. The lowest BCUT2D eigenvalue weighted by Gasteiger charge is -2.10. The third-order valence-corrected chi connectivity index (χ3v) is 5.48. The first-order chi connectivity index (χ1) is 17.7. The average Bonchev–Trinajstić information content (AvgIpc) is 3.72. The molecule has 3 aromatic heterocycles. The summed E-state index contributed by atoms with van der Waals surface area (Å²) in [6.45, 7) is 2.44. The summed E-state index contributed by atoms with van der Waals surface area (Å²) in [6.07, 6.45) is 2.22. The fraction of sp³-hybridized carbons (Fsp3) is 0.240. The van der Waals surface area contributed by atoms with Crippen molar-refractivity contribution in [2.24, 2.45) is 4.99 Å². The topological polar surface area (TPSA) is 118 Å². The second-order valence-electron chi connectivity index (χ2n) is 8.15. The van der Waals surface area contributed by atoms with Crippen molar-refractivity contribution in [1.82, 2.24) is 24.7 Å². The van der Waals surface area contributed by atoms with Crippen molar-refractivity contribution in [1.29, 1.82) is 0 Å². The van der Waals surface area contributed by atoms with Crippen molar-refractivity contribution < 1.29 is 17.9 Å². The second-order valence-corrected chi connectivity index (χ2v) is 8.15. The van der Waals surface area contributed by atoms with E-state index in [4.69, 9.17) is 4.74 Å². The number of fused-ring (bicyclic) bond motifs is 1. The summed E-state index contributed by atoms with van der Waals surface area (Å²) in [5, 5.41) is 4.93. The van der Waals surface area contributed by atoms with Crippen LogP contribution < -0.4 is 21.5 Å². The van der Waals surface area contributed by atoms with Crippen LogP contribution in [0.3, 0.4) is 0 Å². The van der Waals surface area contributed by atoms with Crippen LogP contribution in [-0.4, -0.2) is 44.6 Å². The summed E-state index contributed by atoms with van der Waals surface area (Å²) in [6, 6.07) is 10.2. The molecule has 4 aromatic rings. The molecule has 37 heavy (non-hydrogen) atoms. The van der Waals surface area contributed by atoms with Gasteiger partial charge in [-0.25, -0.2) is 9.48 Å². The molecule has 1 fully saturated rings. The van der Waals surface area contributed by atoms with Gasteiger partial charge in [0.15, 0.2) is 12.1 Å². The number of nitrogens with one attached hydrogen (secondary N) is 2. The van der Waals surface area contributed by atoms with E-state index in [1.54, 1.807) is 42.2 Å². The molecule has 0 unspecified atom stereocenters. The molecule has 0 bridgehead atoms. The van der Waals surface area contributed by atoms with Crippen LogP contribution in [0.25, 0.3) is 28.4 Å². The lowest BCUT2D eigenvalue weighted by molar-refractivity contribution is -0.153. The van der Waals surface area contributed by atoms with E-state index in [2.05, 4.69) is 31.6 Å². The van der Waals surface area contributed by atoms with Crippen molar-refractivity contribution in [2.45, 2.75) is 24.9 Å². The summed E-state index contributed by atoms with van der Waals surface area (Å²) in [5.41, 5.74) is 2.21. The van der Waals surface area contributed by atoms with Gasteiger partial charge in [-0.3, -0.25) is 19.8 Å². The van der Waals surface area contributed by atoms with Crippen LogP contribution >= 0.6 is 0 Å². The summed E-state index contributed by atoms with van der Waals surface area (Å²) in [7, 11) is 1.70. The summed E-state index contributed by atoms with van der Waals surface area (Å²) < 4.78 is 42.3. The first-order valence-electron chi connectivity index (χ1n) is 11.2. The number of ether oxygens (including phenoxy) is 1. The molecule has 1 aliphatic carbocycles. The molecular formula is C25H23F3N6O3. The van der Waals surface area contributed by atoms with Gasteiger partial charge in [-0.15, -0.1) is 0 Å². The maximum Gasteiger partial charge on any atom is 0.422 e. The average molecular weight is 512 g/mol. The lowest BCUT2D eigenvalue weighted by atomic mass is 10.1. The highest BCUT2D eigenvalue weighted by molar-refractivity contribution is 5.84. The largest absolute Gasteiger partial charge is 0.483 e. The maximum absolute atomic E-state index is 12.0. The Bertz CT molecular complexity index is 1610. The van der Waals surface area contributed by atoms with Crippen LogP contribution in [0.15, 0.2) is 70.0 Å². The molecule has 0 amide bonds. The minimum atomic E-state index is -4.33. The van der Waals surface area contributed by atoms with Crippen molar-refractivity contribution in [3.63, 3.8) is 0 Å². The van der Waals surface area contributed by atoms with Gasteiger partial charge in [0.2, 0.25) is 0 Å². The molecule has 1 aromatic carbocycles. The van der Waals surface area contributed by atoms with Crippen LogP contribution in [-0.2, 0) is 0 Å². The Labute approximate surface area is 208 Å². The van der Waals surface area contributed by atoms with Gasteiger partial charge in [0.1, 0.15) is 5.75 Å². The van der Waals surface area contributed by atoms with Gasteiger partial charge in [0.25, 0.3) is 5.56 Å². The monoisotopic (exact) mass is 512 g/mol. The molecule has 1 saturated carbocycles. The third-order valence-electron chi connectivity index (χ3n) is 5.48. The molecule has 1 aliphatic rings. The van der Waals surface area contributed by atoms with Gasteiger partial charge in [-0.2, -0.15) is 18.3 Å². The number of H-pyrrole nitrogens is 2. The smallest absolute Gasteiger partial charge is 0.422 e. The second kappa shape index (κ2) is 10.6. The van der Waals surface area contributed by atoms with E-state index in [0.717, 1.165) is 23.9 Å². The van der Waals surface area contributed by atoms with E-state index in [0.29, 0.717) is 28.1 Å². The maximum atomic E-state index is 12.0. The van der Waals surface area contributed by atoms with Crippen LogP contribution in [0.1, 0.15) is 24.3 Å². The number of aromatic amines is 2. The molecule has 0 aliphatic heterocycles. The summed E-state index contributed by atoms with van der Waals surface area (Å²) in [5.74, 6) is 0.640. The number of nitrogens with zero attached hydrogens (tertiary/aromatic N) is 4. The molecule has 9 nitrogen and oxygen atoms in total. The Kier molecular flexibility index (Phi) is 7.37. The number of rotatable bonds is 5. The number of para-hydroxylation sites is 1. The summed E-state index contributed by atoms with van der Waals surface area (Å²) >= 11 is 0. The van der Waals surface area contributed by atoms with E-state index >= 15 is 0 Å². The van der Waals surface area contributed by atoms with Crippen molar-refractivity contribution in [3.8, 4) is 17.0 Å². The number of aromatic nitrogens is 5. The first kappa shape index (κ1) is 25.6. The van der Waals surface area contributed by atoms with E-state index in [1.165, 1.54) is 18.5 Å². The standard InChI is InChI=1S/C14H15N5O2.C11H8F3NO/c1-3-19-12(15-2)9(8-4-5-8)6-11(18-19)10-7-16-14(21)17-13(10)20;12-11(13,14)7-16-10-5-6-15-9-4-2-1-3-8(9)10/h3,6-8H,1,4-5H2,2H3,(H2,16,17,20,21);1-6H,7H2. The SMILES string of the molecule is C=Cn1nc(-c2c[nH]c(=O)[nH]c2=O)cc(C2CC2)c1=NC.FC(F)(F)COc1ccnc2ccccc12. The Hall–Kier alpha value is -4.48. The van der Waals surface area contributed by atoms with Crippen LogP contribution in [0, 0.1) is 0 Å². The zero-order chi connectivity index (χ0) is 26.6. The minimum absolute atomic E-state index is 0.197. The van der Waals surface area contributed by atoms with Gasteiger partial charge < -0.3 is 9.72 Å². The highest BCUT2D eigenvalue weighted by atomic mass is 19.4. The predicted octanol–water partition coefficient (Wildman–Crippen LogP) is 3.61. The van der Waals surface area contributed by atoms with E-state index in [9.17, 15) is 22.8 Å².